The second-order valence-corrected chi connectivity index (χ2v) is 5.37. The summed E-state index contributed by atoms with van der Waals surface area (Å²) >= 11 is 0. The molecule has 3 rings (SSSR count). The minimum atomic E-state index is 0.950. The van der Waals surface area contributed by atoms with Gasteiger partial charge in [0.2, 0.25) is 0 Å². The predicted octanol–water partition coefficient (Wildman–Crippen LogP) is 3.49. The van der Waals surface area contributed by atoms with Gasteiger partial charge >= 0.3 is 0 Å². The molecule has 2 aromatic rings. The van der Waals surface area contributed by atoms with E-state index < -0.39 is 0 Å². The molecule has 4 heteroatoms. The quantitative estimate of drug-likeness (QED) is 0.930. The van der Waals surface area contributed by atoms with E-state index in [2.05, 4.69) is 65.5 Å². The first-order valence-corrected chi connectivity index (χ1v) is 7.58. The molecule has 1 N–H and O–H groups in total. The van der Waals surface area contributed by atoms with Gasteiger partial charge in [-0.3, -0.25) is 0 Å². The van der Waals surface area contributed by atoms with Crippen molar-refractivity contribution in [3.05, 3.63) is 42.5 Å². The number of pyridine rings is 1. The third kappa shape index (κ3) is 2.79. The molecule has 0 unspecified atom stereocenters. The number of para-hydroxylation sites is 2. The second kappa shape index (κ2) is 6.04. The van der Waals surface area contributed by atoms with E-state index in [0.717, 1.165) is 37.7 Å². The van der Waals surface area contributed by atoms with Gasteiger partial charge < -0.3 is 15.1 Å². The zero-order chi connectivity index (χ0) is 14.7. The van der Waals surface area contributed by atoms with E-state index in [9.17, 15) is 0 Å². The van der Waals surface area contributed by atoms with Gasteiger partial charge in [0, 0.05) is 26.7 Å². The maximum absolute atomic E-state index is 4.75. The van der Waals surface area contributed by atoms with Gasteiger partial charge in [-0.15, -0.1) is 0 Å². The summed E-state index contributed by atoms with van der Waals surface area (Å²) in [6, 6.07) is 14.7. The Morgan fingerprint density at radius 2 is 1.86 bits per heavy atom. The molecule has 0 spiro atoms. The minimum Gasteiger partial charge on any atom is -0.371 e. The van der Waals surface area contributed by atoms with Gasteiger partial charge in [-0.1, -0.05) is 25.1 Å². The molecular weight excluding hydrogens is 260 g/mol. The summed E-state index contributed by atoms with van der Waals surface area (Å²) in [4.78, 5) is 9.35. The molecule has 0 saturated heterocycles. The number of aromatic nitrogens is 1. The molecule has 0 bridgehead atoms. The van der Waals surface area contributed by atoms with Crippen molar-refractivity contribution in [3.63, 3.8) is 0 Å². The lowest BCUT2D eigenvalue weighted by atomic mass is 10.1. The Balaban J connectivity index is 1.92. The molecule has 1 aromatic heterocycles. The molecule has 1 aromatic carbocycles. The zero-order valence-corrected chi connectivity index (χ0v) is 12.7. The van der Waals surface area contributed by atoms with E-state index in [1.807, 2.05) is 6.07 Å². The van der Waals surface area contributed by atoms with Gasteiger partial charge in [0.1, 0.15) is 11.6 Å². The van der Waals surface area contributed by atoms with E-state index in [0.29, 0.717) is 0 Å². The number of anilines is 4. The SMILES string of the molecule is CCCNc1cccc(N2CCN(C)c3ccccc32)n1. The largest absolute Gasteiger partial charge is 0.371 e. The van der Waals surface area contributed by atoms with Crippen molar-refractivity contribution in [1.82, 2.24) is 4.98 Å². The fourth-order valence-electron chi connectivity index (χ4n) is 2.67. The van der Waals surface area contributed by atoms with Crippen LogP contribution in [0.2, 0.25) is 0 Å². The summed E-state index contributed by atoms with van der Waals surface area (Å²) in [5.74, 6) is 1.96. The lowest BCUT2D eigenvalue weighted by molar-refractivity contribution is 0.813. The Bertz CT molecular complexity index is 611. The van der Waals surface area contributed by atoms with Crippen molar-refractivity contribution in [2.75, 3.05) is 41.8 Å². The highest BCUT2D eigenvalue weighted by atomic mass is 15.3. The van der Waals surface area contributed by atoms with Crippen LogP contribution in [0.25, 0.3) is 0 Å². The lowest BCUT2D eigenvalue weighted by Crippen LogP contribution is -2.36. The lowest BCUT2D eigenvalue weighted by Gasteiger charge is -2.36. The highest BCUT2D eigenvalue weighted by Gasteiger charge is 2.21. The highest BCUT2D eigenvalue weighted by Crippen LogP contribution is 2.36. The number of hydrogen-bond donors (Lipinski definition) is 1. The first-order chi connectivity index (χ1) is 10.3. The van der Waals surface area contributed by atoms with Crippen LogP contribution in [0, 0.1) is 0 Å². The van der Waals surface area contributed by atoms with Crippen LogP contribution in [0.1, 0.15) is 13.3 Å². The molecule has 0 amide bonds. The van der Waals surface area contributed by atoms with Crippen molar-refractivity contribution in [2.45, 2.75) is 13.3 Å². The average Bonchev–Trinajstić information content (AvgIpc) is 2.54. The summed E-state index contributed by atoms with van der Waals surface area (Å²) in [5, 5.41) is 3.36. The smallest absolute Gasteiger partial charge is 0.135 e. The highest BCUT2D eigenvalue weighted by molar-refractivity contribution is 5.78. The number of rotatable bonds is 4. The van der Waals surface area contributed by atoms with Crippen LogP contribution in [-0.2, 0) is 0 Å². The number of nitrogens with zero attached hydrogens (tertiary/aromatic N) is 3. The van der Waals surface area contributed by atoms with E-state index in [-0.39, 0.29) is 0 Å². The zero-order valence-electron chi connectivity index (χ0n) is 12.7. The van der Waals surface area contributed by atoms with Crippen molar-refractivity contribution in [1.29, 1.82) is 0 Å². The van der Waals surface area contributed by atoms with Crippen molar-refractivity contribution in [2.24, 2.45) is 0 Å². The minimum absolute atomic E-state index is 0.950. The van der Waals surface area contributed by atoms with Crippen molar-refractivity contribution < 1.29 is 0 Å². The van der Waals surface area contributed by atoms with Crippen molar-refractivity contribution in [3.8, 4) is 0 Å². The Morgan fingerprint density at radius 1 is 1.05 bits per heavy atom. The standard InChI is InChI=1S/C17H22N4/c1-3-11-18-16-9-6-10-17(19-16)21-13-12-20(2)14-7-4-5-8-15(14)21/h4-10H,3,11-13H2,1-2H3,(H,18,19). The Hall–Kier alpha value is -2.23. The van der Waals surface area contributed by atoms with Crippen LogP contribution in [0.3, 0.4) is 0 Å². The maximum Gasteiger partial charge on any atom is 0.135 e. The first-order valence-electron chi connectivity index (χ1n) is 7.58. The molecule has 0 aliphatic carbocycles. The van der Waals surface area contributed by atoms with Crippen molar-refractivity contribution >= 4 is 23.0 Å². The second-order valence-electron chi connectivity index (χ2n) is 5.37. The molecule has 110 valence electrons. The van der Waals surface area contributed by atoms with E-state index >= 15 is 0 Å². The average molecular weight is 282 g/mol. The summed E-state index contributed by atoms with van der Waals surface area (Å²) in [5.41, 5.74) is 2.49. The Morgan fingerprint density at radius 3 is 2.67 bits per heavy atom. The van der Waals surface area contributed by atoms with Gasteiger partial charge in [-0.25, -0.2) is 4.98 Å². The third-order valence-electron chi connectivity index (χ3n) is 3.81. The van der Waals surface area contributed by atoms with Crippen LogP contribution in [0.5, 0.6) is 0 Å². The van der Waals surface area contributed by atoms with Gasteiger partial charge in [0.05, 0.1) is 11.4 Å². The fourth-order valence-corrected chi connectivity index (χ4v) is 2.67. The topological polar surface area (TPSA) is 31.4 Å². The van der Waals surface area contributed by atoms with Crippen LogP contribution in [-0.4, -0.2) is 31.7 Å². The van der Waals surface area contributed by atoms with Gasteiger partial charge in [-0.2, -0.15) is 0 Å². The molecule has 0 fully saturated rings. The third-order valence-corrected chi connectivity index (χ3v) is 3.81. The van der Waals surface area contributed by atoms with Crippen LogP contribution in [0.15, 0.2) is 42.5 Å². The number of nitrogens with one attached hydrogen (secondary N) is 1. The Kier molecular flexibility index (Phi) is 3.95. The van der Waals surface area contributed by atoms with Gasteiger partial charge in [0.25, 0.3) is 0 Å². The van der Waals surface area contributed by atoms with Gasteiger partial charge in [0.15, 0.2) is 0 Å². The maximum atomic E-state index is 4.75. The monoisotopic (exact) mass is 282 g/mol. The molecule has 21 heavy (non-hydrogen) atoms. The van der Waals surface area contributed by atoms with E-state index in [1.54, 1.807) is 0 Å². The summed E-state index contributed by atoms with van der Waals surface area (Å²) in [7, 11) is 2.14. The molecule has 1 aliphatic rings. The number of likely N-dealkylation sites (N-methyl/N-ethyl adjacent to an activating group) is 1. The van der Waals surface area contributed by atoms with Crippen LogP contribution in [0.4, 0.5) is 23.0 Å². The number of benzene rings is 1. The summed E-state index contributed by atoms with van der Waals surface area (Å²) < 4.78 is 0. The Labute approximate surface area is 126 Å². The first kappa shape index (κ1) is 13.7. The fraction of sp³-hybridized carbons (Fsp3) is 0.353. The molecule has 2 heterocycles. The molecule has 0 saturated carbocycles. The molecular formula is C17H22N4. The molecule has 1 aliphatic heterocycles. The van der Waals surface area contributed by atoms with E-state index in [1.165, 1.54) is 11.4 Å². The molecule has 0 atom stereocenters. The summed E-state index contributed by atoms with van der Waals surface area (Å²) in [6.45, 7) is 5.08. The normalized spacial score (nSPS) is 14.0. The predicted molar refractivity (Wildman–Crippen MR) is 89.7 cm³/mol. The van der Waals surface area contributed by atoms with Crippen LogP contribution >= 0.6 is 0 Å². The number of hydrogen-bond acceptors (Lipinski definition) is 4. The van der Waals surface area contributed by atoms with E-state index in [4.69, 9.17) is 4.98 Å². The molecule has 4 nitrogen and oxygen atoms in total. The summed E-state index contributed by atoms with van der Waals surface area (Å²) in [6.07, 6.45) is 1.10. The van der Waals surface area contributed by atoms with Crippen LogP contribution < -0.4 is 15.1 Å². The number of fused-ring (bicyclic) bond motifs is 1. The molecule has 0 radical (unpaired) electrons. The van der Waals surface area contributed by atoms with Gasteiger partial charge in [-0.05, 0) is 30.7 Å².